The highest BCUT2D eigenvalue weighted by molar-refractivity contribution is 9.10. The number of nitrogens with zero attached hydrogens (tertiary/aromatic N) is 2. The molecule has 0 saturated heterocycles. The molecule has 0 bridgehead atoms. The molecular formula is C30H36BrN3O4S. The maximum absolute atomic E-state index is 13.8. The molecule has 2 amide bonds. The van der Waals surface area contributed by atoms with Gasteiger partial charge in [0, 0.05) is 36.9 Å². The molecule has 0 radical (unpaired) electrons. The van der Waals surface area contributed by atoms with Crippen LogP contribution in [0.5, 0.6) is 0 Å². The van der Waals surface area contributed by atoms with E-state index in [9.17, 15) is 18.0 Å². The third-order valence-corrected chi connectivity index (χ3v) is 7.95. The van der Waals surface area contributed by atoms with Gasteiger partial charge in [0.2, 0.25) is 21.8 Å². The van der Waals surface area contributed by atoms with E-state index < -0.39 is 16.1 Å². The smallest absolute Gasteiger partial charge is 0.243 e. The van der Waals surface area contributed by atoms with Crippen LogP contribution in [-0.2, 0) is 32.6 Å². The first kappa shape index (κ1) is 30.4. The van der Waals surface area contributed by atoms with Crippen molar-refractivity contribution in [3.63, 3.8) is 0 Å². The van der Waals surface area contributed by atoms with E-state index in [4.69, 9.17) is 0 Å². The first-order valence-electron chi connectivity index (χ1n) is 13.1. The van der Waals surface area contributed by atoms with Crippen molar-refractivity contribution in [3.05, 3.63) is 101 Å². The molecule has 0 aliphatic rings. The molecule has 3 rings (SSSR count). The molecular weight excluding hydrogens is 578 g/mol. The lowest BCUT2D eigenvalue weighted by molar-refractivity contribution is -0.141. The van der Waals surface area contributed by atoms with E-state index in [0.29, 0.717) is 25.1 Å². The maximum Gasteiger partial charge on any atom is 0.243 e. The number of rotatable bonds is 14. The van der Waals surface area contributed by atoms with Crippen LogP contribution >= 0.6 is 15.9 Å². The topological polar surface area (TPSA) is 86.8 Å². The van der Waals surface area contributed by atoms with Gasteiger partial charge in [0.15, 0.2) is 0 Å². The summed E-state index contributed by atoms with van der Waals surface area (Å²) in [6.07, 6.45) is 2.72. The van der Waals surface area contributed by atoms with Gasteiger partial charge >= 0.3 is 0 Å². The summed E-state index contributed by atoms with van der Waals surface area (Å²) in [4.78, 5) is 28.8. The largest absolute Gasteiger partial charge is 0.354 e. The van der Waals surface area contributed by atoms with Gasteiger partial charge in [-0.05, 0) is 48.2 Å². The summed E-state index contributed by atoms with van der Waals surface area (Å²) >= 11 is 3.50. The first-order valence-corrected chi connectivity index (χ1v) is 15.7. The normalized spacial score (nSPS) is 12.0. The van der Waals surface area contributed by atoms with Crippen LogP contribution in [0, 0.1) is 0 Å². The van der Waals surface area contributed by atoms with Gasteiger partial charge in [-0.2, -0.15) is 0 Å². The fraction of sp³-hybridized carbons (Fsp3) is 0.333. The van der Waals surface area contributed by atoms with Gasteiger partial charge in [0.1, 0.15) is 6.04 Å². The number of amides is 2. The second kappa shape index (κ2) is 14.8. The van der Waals surface area contributed by atoms with E-state index in [1.54, 1.807) is 29.2 Å². The third-order valence-electron chi connectivity index (χ3n) is 6.26. The summed E-state index contributed by atoms with van der Waals surface area (Å²) in [7, 11) is -3.53. The number of anilines is 1. The van der Waals surface area contributed by atoms with E-state index in [2.05, 4.69) is 21.2 Å². The molecule has 39 heavy (non-hydrogen) atoms. The van der Waals surface area contributed by atoms with Crippen molar-refractivity contribution < 1.29 is 18.0 Å². The van der Waals surface area contributed by atoms with Crippen molar-refractivity contribution in [2.24, 2.45) is 0 Å². The van der Waals surface area contributed by atoms with Crippen LogP contribution in [0.1, 0.15) is 37.3 Å². The first-order chi connectivity index (χ1) is 18.7. The number of benzene rings is 3. The van der Waals surface area contributed by atoms with Gasteiger partial charge in [-0.3, -0.25) is 13.9 Å². The van der Waals surface area contributed by atoms with Crippen molar-refractivity contribution in [2.75, 3.05) is 23.7 Å². The summed E-state index contributed by atoms with van der Waals surface area (Å²) < 4.78 is 27.2. The Bertz CT molecular complexity index is 1320. The highest BCUT2D eigenvalue weighted by atomic mass is 79.9. The lowest BCUT2D eigenvalue weighted by Gasteiger charge is -2.32. The van der Waals surface area contributed by atoms with Gasteiger partial charge in [-0.1, -0.05) is 83.5 Å². The van der Waals surface area contributed by atoms with Crippen LogP contribution in [0.4, 0.5) is 5.69 Å². The van der Waals surface area contributed by atoms with Crippen molar-refractivity contribution in [1.29, 1.82) is 0 Å². The van der Waals surface area contributed by atoms with Crippen LogP contribution in [0.3, 0.4) is 0 Å². The lowest BCUT2D eigenvalue weighted by atomic mass is 10.0. The highest BCUT2D eigenvalue weighted by Crippen LogP contribution is 2.21. The van der Waals surface area contributed by atoms with E-state index in [1.165, 1.54) is 4.31 Å². The molecule has 0 spiro atoms. The van der Waals surface area contributed by atoms with Gasteiger partial charge in [-0.15, -0.1) is 0 Å². The number of carbonyl (C=O) groups is 2. The van der Waals surface area contributed by atoms with Crippen molar-refractivity contribution >= 4 is 43.5 Å². The number of hydrogen-bond donors (Lipinski definition) is 1. The minimum atomic E-state index is -3.53. The zero-order valence-corrected chi connectivity index (χ0v) is 24.8. The Kier molecular flexibility index (Phi) is 11.6. The predicted octanol–water partition coefficient (Wildman–Crippen LogP) is 5.16. The summed E-state index contributed by atoms with van der Waals surface area (Å²) in [5, 5.41) is 2.97. The third kappa shape index (κ3) is 9.51. The molecule has 9 heteroatoms. The van der Waals surface area contributed by atoms with Crippen LogP contribution in [-0.4, -0.2) is 50.5 Å². The highest BCUT2D eigenvalue weighted by Gasteiger charge is 2.30. The number of sulfonamides is 1. The van der Waals surface area contributed by atoms with Gasteiger partial charge in [0.05, 0.1) is 11.9 Å². The summed E-state index contributed by atoms with van der Waals surface area (Å²) in [5.41, 5.74) is 2.40. The van der Waals surface area contributed by atoms with E-state index in [-0.39, 0.29) is 31.3 Å². The van der Waals surface area contributed by atoms with Gasteiger partial charge in [-0.25, -0.2) is 8.42 Å². The SMILES string of the molecule is CCCNC(=O)C(Cc1ccccc1)N(Cc1cccc(Br)c1)C(=O)CCCN(c1ccccc1)S(C)(=O)=O. The van der Waals surface area contributed by atoms with E-state index in [0.717, 1.165) is 28.3 Å². The van der Waals surface area contributed by atoms with Crippen LogP contribution < -0.4 is 9.62 Å². The van der Waals surface area contributed by atoms with Crippen molar-refractivity contribution in [1.82, 2.24) is 10.2 Å². The zero-order chi connectivity index (χ0) is 28.3. The van der Waals surface area contributed by atoms with Crippen LogP contribution in [0.2, 0.25) is 0 Å². The van der Waals surface area contributed by atoms with Crippen molar-refractivity contribution in [3.8, 4) is 0 Å². The Labute approximate surface area is 240 Å². The van der Waals surface area contributed by atoms with Gasteiger partial charge in [0.25, 0.3) is 0 Å². The molecule has 0 aromatic heterocycles. The lowest BCUT2D eigenvalue weighted by Crippen LogP contribution is -2.50. The Morgan fingerprint density at radius 2 is 1.56 bits per heavy atom. The number of hydrogen-bond acceptors (Lipinski definition) is 4. The number of halogens is 1. The Morgan fingerprint density at radius 3 is 2.18 bits per heavy atom. The minimum absolute atomic E-state index is 0.0964. The van der Waals surface area contributed by atoms with E-state index >= 15 is 0 Å². The fourth-order valence-corrected chi connectivity index (χ4v) is 5.76. The average Bonchev–Trinajstić information content (AvgIpc) is 2.92. The number of carbonyl (C=O) groups excluding carboxylic acids is 2. The summed E-state index contributed by atoms with van der Waals surface area (Å²) in [6.45, 7) is 2.91. The molecule has 0 aliphatic heterocycles. The molecule has 3 aromatic rings. The average molecular weight is 615 g/mol. The Morgan fingerprint density at radius 1 is 0.923 bits per heavy atom. The van der Waals surface area contributed by atoms with Crippen LogP contribution in [0.25, 0.3) is 0 Å². The Hall–Kier alpha value is -3.17. The minimum Gasteiger partial charge on any atom is -0.354 e. The molecule has 1 unspecified atom stereocenters. The monoisotopic (exact) mass is 613 g/mol. The maximum atomic E-state index is 13.8. The molecule has 0 saturated carbocycles. The predicted molar refractivity (Wildman–Crippen MR) is 160 cm³/mol. The standard InChI is InChI=1S/C30H36BrN3O4S/c1-3-19-32-30(36)28(22-24-12-6-4-7-13-24)33(23-25-14-10-15-26(31)21-25)29(35)18-11-20-34(39(2,37)38)27-16-8-5-9-17-27/h4-10,12-17,21,28H,3,11,18-20,22-23H2,1-2H3,(H,32,36). The second-order valence-electron chi connectivity index (χ2n) is 9.42. The molecule has 0 fully saturated rings. The van der Waals surface area contributed by atoms with Crippen molar-refractivity contribution in [2.45, 2.75) is 45.2 Å². The molecule has 1 atom stereocenters. The molecule has 3 aromatic carbocycles. The summed E-state index contributed by atoms with van der Waals surface area (Å²) in [6, 6.07) is 25.5. The van der Waals surface area contributed by atoms with E-state index in [1.807, 2.05) is 67.6 Å². The second-order valence-corrected chi connectivity index (χ2v) is 12.2. The molecule has 7 nitrogen and oxygen atoms in total. The fourth-order valence-electron chi connectivity index (χ4n) is 4.35. The Balaban J connectivity index is 1.86. The number of para-hydroxylation sites is 1. The summed E-state index contributed by atoms with van der Waals surface area (Å²) in [5.74, 6) is -0.407. The molecule has 208 valence electrons. The van der Waals surface area contributed by atoms with Crippen LogP contribution in [0.15, 0.2) is 89.4 Å². The van der Waals surface area contributed by atoms with Gasteiger partial charge < -0.3 is 10.2 Å². The molecule has 0 heterocycles. The molecule has 0 aliphatic carbocycles. The quantitative estimate of drug-likeness (QED) is 0.272. The number of nitrogens with one attached hydrogen (secondary N) is 1. The zero-order valence-electron chi connectivity index (χ0n) is 22.4. The molecule has 1 N–H and O–H groups in total.